The number of anilines is 1. The molecule has 0 fully saturated rings. The predicted molar refractivity (Wildman–Crippen MR) is 83.3 cm³/mol. The lowest BCUT2D eigenvalue weighted by molar-refractivity contribution is -0.141. The number of rotatable bonds is 3. The Kier molecular flexibility index (Phi) is 4.16. The third kappa shape index (κ3) is 3.51. The molecule has 0 saturated carbocycles. The normalized spacial score (nSPS) is 11.5. The molecule has 0 saturated heterocycles. The lowest BCUT2D eigenvalue weighted by atomic mass is 10.0. The predicted octanol–water partition coefficient (Wildman–Crippen LogP) is 3.83. The first-order chi connectivity index (χ1) is 11.4. The maximum atomic E-state index is 12.6. The number of hydrogen-bond donors (Lipinski definition) is 1. The number of halogens is 3. The first-order valence-corrected chi connectivity index (χ1v) is 7.10. The van der Waals surface area contributed by atoms with Crippen molar-refractivity contribution in [2.24, 2.45) is 0 Å². The molecule has 1 heterocycles. The van der Waals surface area contributed by atoms with Gasteiger partial charge >= 0.3 is 6.18 Å². The van der Waals surface area contributed by atoms with Crippen molar-refractivity contribution in [3.05, 3.63) is 66.0 Å². The van der Waals surface area contributed by atoms with Crippen molar-refractivity contribution in [2.45, 2.75) is 12.6 Å². The van der Waals surface area contributed by atoms with E-state index in [0.717, 1.165) is 28.6 Å². The molecule has 24 heavy (non-hydrogen) atoms. The molecule has 3 aromatic rings. The second kappa shape index (κ2) is 6.27. The van der Waals surface area contributed by atoms with E-state index < -0.39 is 17.8 Å². The van der Waals surface area contributed by atoms with Crippen molar-refractivity contribution in [1.82, 2.24) is 9.97 Å². The Bertz CT molecular complexity index is 888. The first-order valence-electron chi connectivity index (χ1n) is 7.10. The number of fused-ring (bicyclic) bond motifs is 1. The number of aromatic nitrogens is 2. The molecule has 0 unspecified atom stereocenters. The Balaban J connectivity index is 1.78. The summed E-state index contributed by atoms with van der Waals surface area (Å²) in [7, 11) is 0. The third-order valence-corrected chi connectivity index (χ3v) is 3.43. The van der Waals surface area contributed by atoms with E-state index in [1.807, 2.05) is 36.4 Å². The standard InChI is InChI=1S/C17H12F3N3O/c18-17(19,20)14-8-9-21-16(22-14)23-15(24)10-12-6-3-5-11-4-1-2-7-13(11)12/h1-9H,10H2,(H,21,22,23,24). The van der Waals surface area contributed by atoms with Gasteiger partial charge in [-0.2, -0.15) is 13.2 Å². The van der Waals surface area contributed by atoms with Crippen LogP contribution in [0.5, 0.6) is 0 Å². The fourth-order valence-corrected chi connectivity index (χ4v) is 2.37. The average molecular weight is 331 g/mol. The molecule has 2 aromatic carbocycles. The summed E-state index contributed by atoms with van der Waals surface area (Å²) in [6.45, 7) is 0. The summed E-state index contributed by atoms with van der Waals surface area (Å²) in [5.41, 5.74) is -0.324. The highest BCUT2D eigenvalue weighted by Crippen LogP contribution is 2.27. The summed E-state index contributed by atoms with van der Waals surface area (Å²) < 4.78 is 37.9. The second-order valence-corrected chi connectivity index (χ2v) is 5.13. The van der Waals surface area contributed by atoms with Gasteiger partial charge in [-0.05, 0) is 22.4 Å². The lowest BCUT2D eigenvalue weighted by Crippen LogP contribution is -2.18. The van der Waals surface area contributed by atoms with Gasteiger partial charge in [0.15, 0.2) is 0 Å². The molecule has 0 radical (unpaired) electrons. The van der Waals surface area contributed by atoms with Crippen molar-refractivity contribution in [2.75, 3.05) is 5.32 Å². The molecule has 122 valence electrons. The Hall–Kier alpha value is -2.96. The van der Waals surface area contributed by atoms with Crippen molar-refractivity contribution in [3.8, 4) is 0 Å². The van der Waals surface area contributed by atoms with Gasteiger partial charge in [0.1, 0.15) is 5.69 Å². The van der Waals surface area contributed by atoms with Crippen LogP contribution in [0.25, 0.3) is 10.8 Å². The number of nitrogens with zero attached hydrogens (tertiary/aromatic N) is 2. The van der Waals surface area contributed by atoms with Crippen LogP contribution in [-0.4, -0.2) is 15.9 Å². The number of carbonyl (C=O) groups excluding carboxylic acids is 1. The Morgan fingerprint density at radius 2 is 1.79 bits per heavy atom. The van der Waals surface area contributed by atoms with Crippen molar-refractivity contribution in [1.29, 1.82) is 0 Å². The third-order valence-electron chi connectivity index (χ3n) is 3.43. The Morgan fingerprint density at radius 3 is 2.58 bits per heavy atom. The van der Waals surface area contributed by atoms with E-state index in [9.17, 15) is 18.0 Å². The number of amides is 1. The van der Waals surface area contributed by atoms with Gasteiger partial charge in [-0.1, -0.05) is 42.5 Å². The maximum Gasteiger partial charge on any atom is 0.433 e. The quantitative estimate of drug-likeness (QED) is 0.793. The summed E-state index contributed by atoms with van der Waals surface area (Å²) in [5.74, 6) is -0.847. The smallest absolute Gasteiger partial charge is 0.294 e. The highest BCUT2D eigenvalue weighted by molar-refractivity contribution is 5.95. The van der Waals surface area contributed by atoms with Crippen LogP contribution in [0.4, 0.5) is 19.1 Å². The van der Waals surface area contributed by atoms with Gasteiger partial charge in [-0.3, -0.25) is 10.1 Å². The first kappa shape index (κ1) is 15.9. The van der Waals surface area contributed by atoms with Gasteiger partial charge in [0, 0.05) is 6.20 Å². The highest BCUT2D eigenvalue weighted by Gasteiger charge is 2.32. The molecule has 0 spiro atoms. The van der Waals surface area contributed by atoms with E-state index in [1.165, 1.54) is 0 Å². The van der Waals surface area contributed by atoms with E-state index >= 15 is 0 Å². The van der Waals surface area contributed by atoms with Crippen LogP contribution in [0.1, 0.15) is 11.3 Å². The number of carbonyl (C=O) groups is 1. The van der Waals surface area contributed by atoms with Crippen molar-refractivity contribution < 1.29 is 18.0 Å². The van der Waals surface area contributed by atoms with Crippen molar-refractivity contribution >= 4 is 22.6 Å². The lowest BCUT2D eigenvalue weighted by Gasteiger charge is -2.09. The minimum absolute atomic E-state index is 0.0148. The molecular weight excluding hydrogens is 319 g/mol. The Morgan fingerprint density at radius 1 is 1.04 bits per heavy atom. The number of hydrogen-bond acceptors (Lipinski definition) is 3. The van der Waals surface area contributed by atoms with Crippen LogP contribution in [0, 0.1) is 0 Å². The zero-order chi connectivity index (χ0) is 17.2. The highest BCUT2D eigenvalue weighted by atomic mass is 19.4. The molecule has 1 amide bonds. The summed E-state index contributed by atoms with van der Waals surface area (Å²) >= 11 is 0. The molecule has 7 heteroatoms. The van der Waals surface area contributed by atoms with Crippen LogP contribution in [-0.2, 0) is 17.4 Å². The fourth-order valence-electron chi connectivity index (χ4n) is 2.37. The summed E-state index contributed by atoms with van der Waals surface area (Å²) in [6, 6.07) is 13.9. The van der Waals surface area contributed by atoms with Crippen LogP contribution in [0.3, 0.4) is 0 Å². The van der Waals surface area contributed by atoms with Gasteiger partial charge in [0.2, 0.25) is 11.9 Å². The van der Waals surface area contributed by atoms with Gasteiger partial charge < -0.3 is 0 Å². The van der Waals surface area contributed by atoms with Crippen LogP contribution >= 0.6 is 0 Å². The Labute approximate surface area is 135 Å². The minimum atomic E-state index is -4.59. The van der Waals surface area contributed by atoms with E-state index in [4.69, 9.17) is 0 Å². The van der Waals surface area contributed by atoms with Crippen LogP contribution in [0.15, 0.2) is 54.7 Å². The number of nitrogens with one attached hydrogen (secondary N) is 1. The van der Waals surface area contributed by atoms with Gasteiger partial charge in [-0.25, -0.2) is 9.97 Å². The summed E-state index contributed by atoms with van der Waals surface area (Å²) in [5, 5.41) is 4.21. The van der Waals surface area contributed by atoms with Gasteiger partial charge in [-0.15, -0.1) is 0 Å². The average Bonchev–Trinajstić information content (AvgIpc) is 2.54. The van der Waals surface area contributed by atoms with Crippen LogP contribution < -0.4 is 5.32 Å². The number of alkyl halides is 3. The molecule has 0 aliphatic heterocycles. The molecule has 0 aliphatic carbocycles. The van der Waals surface area contributed by atoms with E-state index in [0.29, 0.717) is 0 Å². The monoisotopic (exact) mass is 331 g/mol. The zero-order valence-corrected chi connectivity index (χ0v) is 12.3. The molecule has 0 bridgehead atoms. The largest absolute Gasteiger partial charge is 0.433 e. The number of benzene rings is 2. The van der Waals surface area contributed by atoms with Gasteiger partial charge in [0.05, 0.1) is 6.42 Å². The molecule has 1 N–H and O–H groups in total. The van der Waals surface area contributed by atoms with E-state index in [1.54, 1.807) is 6.07 Å². The van der Waals surface area contributed by atoms with Crippen molar-refractivity contribution in [3.63, 3.8) is 0 Å². The molecule has 3 rings (SSSR count). The van der Waals surface area contributed by atoms with E-state index in [2.05, 4.69) is 15.3 Å². The molecule has 1 aromatic heterocycles. The second-order valence-electron chi connectivity index (χ2n) is 5.13. The SMILES string of the molecule is O=C(Cc1cccc2ccccc12)Nc1nccc(C(F)(F)F)n1. The van der Waals surface area contributed by atoms with Gasteiger partial charge in [0.25, 0.3) is 0 Å². The molecule has 0 atom stereocenters. The molecular formula is C17H12F3N3O. The zero-order valence-electron chi connectivity index (χ0n) is 12.3. The summed E-state index contributed by atoms with van der Waals surface area (Å²) in [6.07, 6.45) is -3.61. The van der Waals surface area contributed by atoms with Crippen LogP contribution in [0.2, 0.25) is 0 Å². The van der Waals surface area contributed by atoms with E-state index in [-0.39, 0.29) is 12.4 Å². The topological polar surface area (TPSA) is 54.9 Å². The minimum Gasteiger partial charge on any atom is -0.294 e. The molecule has 4 nitrogen and oxygen atoms in total. The molecule has 0 aliphatic rings. The summed E-state index contributed by atoms with van der Waals surface area (Å²) in [4.78, 5) is 19.1. The maximum absolute atomic E-state index is 12.6. The fraction of sp³-hybridized carbons (Fsp3) is 0.118.